The molecular formula is C15H19NO4. The van der Waals surface area contributed by atoms with E-state index in [4.69, 9.17) is 9.47 Å². The molecule has 20 heavy (non-hydrogen) atoms. The molecule has 0 spiro atoms. The zero-order valence-corrected chi connectivity index (χ0v) is 12.1. The van der Waals surface area contributed by atoms with Gasteiger partial charge < -0.3 is 14.6 Å². The number of nitrogens with zero attached hydrogens (tertiary/aromatic N) is 1. The first-order valence-corrected chi connectivity index (χ1v) is 6.38. The molecule has 0 bridgehead atoms. The Bertz CT molecular complexity index is 637. The monoisotopic (exact) mass is 277 g/mol. The molecular weight excluding hydrogens is 258 g/mol. The van der Waals surface area contributed by atoms with Crippen molar-refractivity contribution in [2.75, 3.05) is 7.11 Å². The van der Waals surface area contributed by atoms with Gasteiger partial charge in [0.2, 0.25) is 0 Å². The second-order valence-electron chi connectivity index (χ2n) is 5.50. The van der Waals surface area contributed by atoms with E-state index in [0.717, 1.165) is 5.39 Å². The number of hydrogen-bond donors (Lipinski definition) is 1. The molecule has 1 heterocycles. The molecule has 0 aliphatic rings. The Morgan fingerprint density at radius 3 is 2.55 bits per heavy atom. The molecule has 0 atom stereocenters. The van der Waals surface area contributed by atoms with Crippen molar-refractivity contribution in [2.45, 2.75) is 33.0 Å². The van der Waals surface area contributed by atoms with Crippen molar-refractivity contribution in [1.29, 1.82) is 0 Å². The number of hydrogen-bond acceptors (Lipinski definition) is 4. The molecule has 5 heteroatoms. The van der Waals surface area contributed by atoms with Crippen LogP contribution in [0.3, 0.4) is 0 Å². The van der Waals surface area contributed by atoms with E-state index < -0.39 is 11.7 Å². The van der Waals surface area contributed by atoms with Gasteiger partial charge in [0.1, 0.15) is 11.4 Å². The first kappa shape index (κ1) is 14.4. The minimum absolute atomic E-state index is 0.154. The number of methoxy groups -OCH3 is 1. The number of aliphatic hydroxyl groups excluding tert-OH is 1. The number of aliphatic hydroxyl groups is 1. The molecule has 0 unspecified atom stereocenters. The van der Waals surface area contributed by atoms with Gasteiger partial charge in [-0.1, -0.05) is 0 Å². The van der Waals surface area contributed by atoms with Crippen LogP contribution in [0.15, 0.2) is 24.4 Å². The predicted octanol–water partition coefficient (Wildman–Crippen LogP) is 2.93. The summed E-state index contributed by atoms with van der Waals surface area (Å²) < 4.78 is 12.0. The van der Waals surface area contributed by atoms with Crippen LogP contribution in [0.25, 0.3) is 10.9 Å². The zero-order chi connectivity index (χ0) is 14.9. The first-order chi connectivity index (χ1) is 9.37. The van der Waals surface area contributed by atoms with Crippen LogP contribution in [0.5, 0.6) is 5.75 Å². The summed E-state index contributed by atoms with van der Waals surface area (Å²) in [5.41, 5.74) is 0.788. The van der Waals surface area contributed by atoms with Gasteiger partial charge in [-0.15, -0.1) is 0 Å². The Morgan fingerprint density at radius 1 is 1.30 bits per heavy atom. The highest BCUT2D eigenvalue weighted by Gasteiger charge is 2.20. The molecule has 0 saturated heterocycles. The summed E-state index contributed by atoms with van der Waals surface area (Å²) in [4.78, 5) is 12.1. The molecule has 0 amide bonds. The van der Waals surface area contributed by atoms with E-state index in [1.54, 1.807) is 31.5 Å². The van der Waals surface area contributed by atoms with E-state index in [9.17, 15) is 9.90 Å². The number of ether oxygens (including phenoxy) is 2. The normalized spacial score (nSPS) is 11.7. The number of carbonyl (C=O) groups excluding carboxylic acids is 1. The van der Waals surface area contributed by atoms with E-state index >= 15 is 0 Å². The standard InChI is InChI=1S/C15H19NO4/c1-15(2,3)20-14(18)16-8-7-10-11(9-17)13(19-4)6-5-12(10)16/h5-8,17H,9H2,1-4H3. The van der Waals surface area contributed by atoms with Crippen molar-refractivity contribution in [3.8, 4) is 5.75 Å². The lowest BCUT2D eigenvalue weighted by Gasteiger charge is -2.20. The first-order valence-electron chi connectivity index (χ1n) is 6.38. The summed E-state index contributed by atoms with van der Waals surface area (Å²) >= 11 is 0. The second-order valence-corrected chi connectivity index (χ2v) is 5.50. The average molecular weight is 277 g/mol. The Balaban J connectivity index is 2.50. The van der Waals surface area contributed by atoms with Crippen LogP contribution in [0.1, 0.15) is 26.3 Å². The van der Waals surface area contributed by atoms with Gasteiger partial charge in [0.15, 0.2) is 0 Å². The Labute approximate surface area is 117 Å². The molecule has 1 aromatic heterocycles. The Morgan fingerprint density at radius 2 is 2.00 bits per heavy atom. The van der Waals surface area contributed by atoms with Crippen molar-refractivity contribution >= 4 is 17.0 Å². The fraction of sp³-hybridized carbons (Fsp3) is 0.400. The van der Waals surface area contributed by atoms with E-state index in [1.807, 2.05) is 20.8 Å². The van der Waals surface area contributed by atoms with E-state index in [1.165, 1.54) is 4.57 Å². The molecule has 0 radical (unpaired) electrons. The molecule has 0 aliphatic heterocycles. The lowest BCUT2D eigenvalue weighted by molar-refractivity contribution is 0.0544. The van der Waals surface area contributed by atoms with E-state index in [0.29, 0.717) is 16.8 Å². The number of fused-ring (bicyclic) bond motifs is 1. The second kappa shape index (κ2) is 5.17. The highest BCUT2D eigenvalue weighted by molar-refractivity contribution is 5.92. The average Bonchev–Trinajstić information content (AvgIpc) is 2.79. The quantitative estimate of drug-likeness (QED) is 0.916. The minimum Gasteiger partial charge on any atom is -0.496 e. The molecule has 1 aromatic carbocycles. The number of benzene rings is 1. The van der Waals surface area contributed by atoms with E-state index in [-0.39, 0.29) is 6.61 Å². The summed E-state index contributed by atoms with van der Waals surface area (Å²) in [5.74, 6) is 0.599. The Kier molecular flexibility index (Phi) is 3.72. The fourth-order valence-corrected chi connectivity index (χ4v) is 2.08. The lowest BCUT2D eigenvalue weighted by atomic mass is 10.1. The summed E-state index contributed by atoms with van der Waals surface area (Å²) in [6.45, 7) is 5.30. The van der Waals surface area contributed by atoms with Crippen molar-refractivity contribution in [1.82, 2.24) is 4.57 Å². The van der Waals surface area contributed by atoms with Gasteiger partial charge in [0, 0.05) is 17.1 Å². The third kappa shape index (κ3) is 2.63. The highest BCUT2D eigenvalue weighted by Crippen LogP contribution is 2.29. The molecule has 0 aliphatic carbocycles. The Hall–Kier alpha value is -2.01. The number of rotatable bonds is 2. The summed E-state index contributed by atoms with van der Waals surface area (Å²) in [6.07, 6.45) is 1.19. The van der Waals surface area contributed by atoms with Crippen LogP contribution in [0, 0.1) is 0 Å². The minimum atomic E-state index is -0.556. The third-order valence-electron chi connectivity index (χ3n) is 2.91. The lowest BCUT2D eigenvalue weighted by Crippen LogP contribution is -2.26. The smallest absolute Gasteiger partial charge is 0.418 e. The highest BCUT2D eigenvalue weighted by atomic mass is 16.6. The van der Waals surface area contributed by atoms with Crippen molar-refractivity contribution in [2.24, 2.45) is 0 Å². The third-order valence-corrected chi connectivity index (χ3v) is 2.91. The molecule has 0 saturated carbocycles. The van der Waals surface area contributed by atoms with Gasteiger partial charge in [0.25, 0.3) is 0 Å². The maximum Gasteiger partial charge on any atom is 0.418 e. The largest absolute Gasteiger partial charge is 0.496 e. The predicted molar refractivity (Wildman–Crippen MR) is 76.0 cm³/mol. The fourth-order valence-electron chi connectivity index (χ4n) is 2.08. The van der Waals surface area contributed by atoms with Crippen LogP contribution in [0.2, 0.25) is 0 Å². The molecule has 1 N–H and O–H groups in total. The van der Waals surface area contributed by atoms with E-state index in [2.05, 4.69) is 0 Å². The summed E-state index contributed by atoms with van der Waals surface area (Å²) in [7, 11) is 1.55. The van der Waals surface area contributed by atoms with Gasteiger partial charge in [-0.05, 0) is 39.0 Å². The van der Waals surface area contributed by atoms with Gasteiger partial charge in [-0.3, -0.25) is 4.57 Å². The van der Waals surface area contributed by atoms with Crippen molar-refractivity contribution < 1.29 is 19.4 Å². The zero-order valence-electron chi connectivity index (χ0n) is 12.1. The maximum atomic E-state index is 12.1. The SMILES string of the molecule is COc1ccc2c(ccn2C(=O)OC(C)(C)C)c1CO. The molecule has 5 nitrogen and oxygen atoms in total. The summed E-state index contributed by atoms with van der Waals surface area (Å²) in [6, 6.07) is 5.28. The van der Waals surface area contributed by atoms with Crippen molar-refractivity contribution in [3.05, 3.63) is 30.0 Å². The van der Waals surface area contributed by atoms with Gasteiger partial charge in [-0.25, -0.2) is 4.79 Å². The summed E-state index contributed by atoms with van der Waals surface area (Å²) in [5, 5.41) is 10.3. The van der Waals surface area contributed by atoms with Crippen LogP contribution in [-0.4, -0.2) is 28.5 Å². The number of carbonyl (C=O) groups is 1. The van der Waals surface area contributed by atoms with Gasteiger partial charge in [0.05, 0.1) is 19.2 Å². The molecule has 2 aromatic rings. The van der Waals surface area contributed by atoms with Crippen LogP contribution < -0.4 is 4.74 Å². The maximum absolute atomic E-state index is 12.1. The van der Waals surface area contributed by atoms with Crippen LogP contribution in [0.4, 0.5) is 4.79 Å². The van der Waals surface area contributed by atoms with Gasteiger partial charge in [-0.2, -0.15) is 0 Å². The van der Waals surface area contributed by atoms with Crippen LogP contribution >= 0.6 is 0 Å². The van der Waals surface area contributed by atoms with Crippen molar-refractivity contribution in [3.63, 3.8) is 0 Å². The molecule has 2 rings (SSSR count). The van der Waals surface area contributed by atoms with Crippen LogP contribution in [-0.2, 0) is 11.3 Å². The molecule has 108 valence electrons. The molecule has 0 fully saturated rings. The number of aromatic nitrogens is 1. The van der Waals surface area contributed by atoms with Gasteiger partial charge >= 0.3 is 6.09 Å². The topological polar surface area (TPSA) is 60.7 Å².